The third-order valence-electron chi connectivity index (χ3n) is 3.34. The van der Waals surface area contributed by atoms with E-state index in [0.29, 0.717) is 11.4 Å². The second-order valence-electron chi connectivity index (χ2n) is 5.33. The van der Waals surface area contributed by atoms with Crippen LogP contribution < -0.4 is 10.1 Å². The third kappa shape index (κ3) is 4.29. The topological polar surface area (TPSA) is 81.5 Å². The zero-order valence-corrected chi connectivity index (χ0v) is 13.2. The molecule has 0 spiro atoms. The lowest BCUT2D eigenvalue weighted by atomic mass is 10.1. The lowest BCUT2D eigenvalue weighted by Crippen LogP contribution is -2.30. The summed E-state index contributed by atoms with van der Waals surface area (Å²) in [7, 11) is 0. The average molecular weight is 314 g/mol. The molecule has 0 aliphatic rings. The zero-order valence-electron chi connectivity index (χ0n) is 13.2. The van der Waals surface area contributed by atoms with Crippen LogP contribution in [0.2, 0.25) is 0 Å². The van der Waals surface area contributed by atoms with E-state index in [1.807, 2.05) is 32.0 Å². The zero-order chi connectivity index (χ0) is 17.0. The molecule has 0 saturated heterocycles. The van der Waals surface area contributed by atoms with Gasteiger partial charge in [-0.05, 0) is 44.0 Å². The summed E-state index contributed by atoms with van der Waals surface area (Å²) in [6.45, 7) is 5.48. The molecule has 0 unspecified atom stereocenters. The Morgan fingerprint density at radius 2 is 1.96 bits per heavy atom. The van der Waals surface area contributed by atoms with Crippen molar-refractivity contribution in [1.29, 1.82) is 0 Å². The van der Waals surface area contributed by atoms with Crippen LogP contribution in [0.3, 0.4) is 0 Å². The van der Waals surface area contributed by atoms with Crippen molar-refractivity contribution in [3.8, 4) is 5.75 Å². The van der Waals surface area contributed by atoms with E-state index < -0.39 is 11.0 Å². The van der Waals surface area contributed by atoms with Crippen LogP contribution >= 0.6 is 0 Å². The fourth-order valence-electron chi connectivity index (χ4n) is 2.02. The van der Waals surface area contributed by atoms with Gasteiger partial charge in [-0.2, -0.15) is 0 Å². The molecule has 0 saturated carbocycles. The van der Waals surface area contributed by atoms with Gasteiger partial charge in [-0.3, -0.25) is 14.9 Å². The van der Waals surface area contributed by atoms with Crippen molar-refractivity contribution in [3.05, 3.63) is 63.7 Å². The second kappa shape index (κ2) is 6.91. The lowest BCUT2D eigenvalue weighted by Gasteiger charge is -2.16. The van der Waals surface area contributed by atoms with Crippen LogP contribution in [-0.2, 0) is 4.79 Å². The molecule has 1 amide bonds. The van der Waals surface area contributed by atoms with Gasteiger partial charge in [-0.25, -0.2) is 0 Å². The van der Waals surface area contributed by atoms with E-state index in [1.54, 1.807) is 13.0 Å². The molecule has 120 valence electrons. The Morgan fingerprint density at radius 3 is 2.65 bits per heavy atom. The number of ether oxygens (including phenoxy) is 1. The number of amides is 1. The molecule has 2 aromatic carbocycles. The van der Waals surface area contributed by atoms with E-state index in [4.69, 9.17) is 4.74 Å². The maximum absolute atomic E-state index is 12.2. The van der Waals surface area contributed by atoms with E-state index in [2.05, 4.69) is 5.32 Å². The number of nitro benzene ring substituents is 1. The highest BCUT2D eigenvalue weighted by Gasteiger charge is 2.17. The normalized spacial score (nSPS) is 11.6. The minimum absolute atomic E-state index is 0.0779. The molecular formula is C17H18N2O4. The van der Waals surface area contributed by atoms with Crippen molar-refractivity contribution in [2.24, 2.45) is 0 Å². The van der Waals surface area contributed by atoms with Crippen LogP contribution in [0.15, 0.2) is 42.5 Å². The molecular weight excluding hydrogens is 296 g/mol. The molecule has 0 bridgehead atoms. The largest absolute Gasteiger partial charge is 0.481 e. The molecule has 1 atom stereocenters. The van der Waals surface area contributed by atoms with Crippen molar-refractivity contribution in [2.75, 3.05) is 5.32 Å². The summed E-state index contributed by atoms with van der Waals surface area (Å²) >= 11 is 0. The predicted molar refractivity (Wildman–Crippen MR) is 87.7 cm³/mol. The highest BCUT2D eigenvalue weighted by atomic mass is 16.6. The first-order chi connectivity index (χ1) is 10.9. The number of anilines is 1. The Kier molecular flexibility index (Phi) is 4.95. The third-order valence-corrected chi connectivity index (χ3v) is 3.34. The monoisotopic (exact) mass is 314 g/mol. The summed E-state index contributed by atoms with van der Waals surface area (Å²) < 4.78 is 5.69. The molecule has 0 aromatic heterocycles. The van der Waals surface area contributed by atoms with Gasteiger partial charge in [0.15, 0.2) is 6.10 Å². The van der Waals surface area contributed by atoms with E-state index in [9.17, 15) is 14.9 Å². The highest BCUT2D eigenvalue weighted by molar-refractivity contribution is 5.94. The molecule has 0 heterocycles. The molecule has 23 heavy (non-hydrogen) atoms. The number of nitrogens with one attached hydrogen (secondary N) is 1. The van der Waals surface area contributed by atoms with E-state index in [1.165, 1.54) is 18.2 Å². The first kappa shape index (κ1) is 16.5. The summed E-state index contributed by atoms with van der Waals surface area (Å²) in [5, 5.41) is 13.4. The quantitative estimate of drug-likeness (QED) is 0.675. The number of nitrogens with zero attached hydrogens (tertiary/aromatic N) is 1. The SMILES string of the molecule is Cc1ccc(C)c(O[C@@H](C)C(=O)Nc2cccc([N+](=O)[O-])c2)c1. The number of carbonyl (C=O) groups is 1. The summed E-state index contributed by atoms with van der Waals surface area (Å²) in [6.07, 6.45) is -0.727. The van der Waals surface area contributed by atoms with Gasteiger partial charge in [0.25, 0.3) is 11.6 Å². The van der Waals surface area contributed by atoms with Gasteiger partial charge in [-0.1, -0.05) is 18.2 Å². The van der Waals surface area contributed by atoms with Crippen LogP contribution in [0.4, 0.5) is 11.4 Å². The Hall–Kier alpha value is -2.89. The molecule has 0 aliphatic heterocycles. The standard InChI is InChI=1S/C17H18N2O4/c1-11-7-8-12(2)16(9-11)23-13(3)17(20)18-14-5-4-6-15(10-14)19(21)22/h4-10,13H,1-3H3,(H,18,20)/t13-/m0/s1. The van der Waals surface area contributed by atoms with Crippen molar-refractivity contribution >= 4 is 17.3 Å². The van der Waals surface area contributed by atoms with Crippen LogP contribution in [0.5, 0.6) is 5.75 Å². The van der Waals surface area contributed by atoms with Gasteiger partial charge in [0.2, 0.25) is 0 Å². The minimum atomic E-state index is -0.727. The Labute approximate surface area is 134 Å². The number of benzene rings is 2. The van der Waals surface area contributed by atoms with E-state index in [-0.39, 0.29) is 11.6 Å². The Bertz CT molecular complexity index is 743. The summed E-state index contributed by atoms with van der Waals surface area (Å²) in [4.78, 5) is 22.4. The number of rotatable bonds is 5. The van der Waals surface area contributed by atoms with Gasteiger partial charge < -0.3 is 10.1 Å². The number of hydrogen-bond donors (Lipinski definition) is 1. The fraction of sp³-hybridized carbons (Fsp3) is 0.235. The molecule has 0 fully saturated rings. The van der Waals surface area contributed by atoms with Crippen molar-refractivity contribution in [1.82, 2.24) is 0 Å². The molecule has 2 aromatic rings. The Balaban J connectivity index is 2.07. The van der Waals surface area contributed by atoms with Crippen molar-refractivity contribution in [2.45, 2.75) is 26.9 Å². The highest BCUT2D eigenvalue weighted by Crippen LogP contribution is 2.21. The van der Waals surface area contributed by atoms with E-state index >= 15 is 0 Å². The first-order valence-corrected chi connectivity index (χ1v) is 7.16. The number of hydrogen-bond acceptors (Lipinski definition) is 4. The summed E-state index contributed by atoms with van der Waals surface area (Å²) in [5.74, 6) is 0.276. The number of aryl methyl sites for hydroxylation is 2. The molecule has 0 radical (unpaired) electrons. The second-order valence-corrected chi connectivity index (χ2v) is 5.33. The van der Waals surface area contributed by atoms with Gasteiger partial charge in [0.1, 0.15) is 5.75 Å². The smallest absolute Gasteiger partial charge is 0.271 e. The number of nitro groups is 1. The van der Waals surface area contributed by atoms with Gasteiger partial charge in [0, 0.05) is 17.8 Å². The van der Waals surface area contributed by atoms with Gasteiger partial charge in [-0.15, -0.1) is 0 Å². The fourth-order valence-corrected chi connectivity index (χ4v) is 2.02. The lowest BCUT2D eigenvalue weighted by molar-refractivity contribution is -0.384. The molecule has 2 rings (SSSR count). The van der Waals surface area contributed by atoms with Crippen molar-refractivity contribution in [3.63, 3.8) is 0 Å². The maximum atomic E-state index is 12.2. The molecule has 0 aliphatic carbocycles. The maximum Gasteiger partial charge on any atom is 0.271 e. The van der Waals surface area contributed by atoms with Crippen LogP contribution in [0.1, 0.15) is 18.1 Å². The van der Waals surface area contributed by atoms with Crippen molar-refractivity contribution < 1.29 is 14.5 Å². The number of non-ortho nitro benzene ring substituents is 1. The molecule has 6 heteroatoms. The van der Waals surface area contributed by atoms with E-state index in [0.717, 1.165) is 11.1 Å². The molecule has 1 N–H and O–H groups in total. The summed E-state index contributed by atoms with van der Waals surface area (Å²) in [5.41, 5.74) is 2.26. The Morgan fingerprint density at radius 1 is 1.22 bits per heavy atom. The van der Waals surface area contributed by atoms with Gasteiger partial charge in [0.05, 0.1) is 4.92 Å². The van der Waals surface area contributed by atoms with Crippen LogP contribution in [0, 0.1) is 24.0 Å². The minimum Gasteiger partial charge on any atom is -0.481 e. The van der Waals surface area contributed by atoms with Gasteiger partial charge >= 0.3 is 0 Å². The van der Waals surface area contributed by atoms with Crippen LogP contribution in [-0.4, -0.2) is 16.9 Å². The average Bonchev–Trinajstić information content (AvgIpc) is 2.51. The van der Waals surface area contributed by atoms with Crippen LogP contribution in [0.25, 0.3) is 0 Å². The number of carbonyl (C=O) groups excluding carboxylic acids is 1. The predicted octanol–water partition coefficient (Wildman–Crippen LogP) is 3.62. The first-order valence-electron chi connectivity index (χ1n) is 7.16. The molecule has 6 nitrogen and oxygen atoms in total. The summed E-state index contributed by atoms with van der Waals surface area (Å²) in [6, 6.07) is 11.5.